The molecule has 5 rings (SSSR count). The van der Waals surface area contributed by atoms with Gasteiger partial charge >= 0.3 is 12.1 Å². The number of likely N-dealkylation sites (tertiary alicyclic amines) is 1. The number of carboxylic acid groups (broad SMARTS) is 1. The zero-order valence-electron chi connectivity index (χ0n) is 27.5. The van der Waals surface area contributed by atoms with Gasteiger partial charge in [-0.25, -0.2) is 27.7 Å². The van der Waals surface area contributed by atoms with Crippen molar-refractivity contribution >= 4 is 39.2 Å². The molecule has 2 aliphatic rings. The van der Waals surface area contributed by atoms with E-state index in [1.165, 1.54) is 17.4 Å². The van der Waals surface area contributed by atoms with Crippen molar-refractivity contribution in [3.05, 3.63) is 65.3 Å². The van der Waals surface area contributed by atoms with Gasteiger partial charge in [0, 0.05) is 54.1 Å². The van der Waals surface area contributed by atoms with E-state index in [1.54, 1.807) is 44.0 Å². The average molecular weight is 683 g/mol. The van der Waals surface area contributed by atoms with Crippen LogP contribution in [0.1, 0.15) is 75.8 Å². The summed E-state index contributed by atoms with van der Waals surface area (Å²) >= 11 is 1.47. The van der Waals surface area contributed by atoms with Crippen molar-refractivity contribution in [2.75, 3.05) is 25.5 Å². The van der Waals surface area contributed by atoms with Crippen molar-refractivity contribution in [3.8, 4) is 10.4 Å². The third-order valence-electron chi connectivity index (χ3n) is 8.87. The zero-order valence-corrected chi connectivity index (χ0v) is 29.2. The van der Waals surface area contributed by atoms with Crippen LogP contribution in [-0.4, -0.2) is 78.2 Å². The first-order valence-corrected chi connectivity index (χ1v) is 18.5. The van der Waals surface area contributed by atoms with Crippen LogP contribution in [0.5, 0.6) is 0 Å². The molecule has 1 saturated heterocycles. The van der Waals surface area contributed by atoms with Crippen LogP contribution in [0.3, 0.4) is 0 Å². The number of hydrogen-bond acceptors (Lipinski definition) is 7. The SMILES string of the molecule is CN1CCCC1CN(C(=O)O)C1CCC(c2ncc(-c3ccc(NC(=O)NCc4ccccc4)cc3S(=O)(=O)NC(C)(C)C)s2)CC1. The van der Waals surface area contributed by atoms with Gasteiger partial charge in [-0.05, 0) is 90.6 Å². The summed E-state index contributed by atoms with van der Waals surface area (Å²) in [6, 6.07) is 14.2. The normalized spacial score (nSPS) is 20.6. The number of nitrogens with zero attached hydrogens (tertiary/aromatic N) is 3. The van der Waals surface area contributed by atoms with Crippen LogP contribution >= 0.6 is 11.3 Å². The quantitative estimate of drug-likeness (QED) is 0.196. The highest BCUT2D eigenvalue weighted by Crippen LogP contribution is 2.41. The number of benzene rings is 2. The van der Waals surface area contributed by atoms with E-state index in [0.29, 0.717) is 29.2 Å². The maximum Gasteiger partial charge on any atom is 0.407 e. The molecule has 1 atom stereocenters. The predicted octanol–water partition coefficient (Wildman–Crippen LogP) is 6.31. The monoisotopic (exact) mass is 682 g/mol. The Balaban J connectivity index is 1.31. The van der Waals surface area contributed by atoms with E-state index in [-0.39, 0.29) is 22.9 Å². The van der Waals surface area contributed by atoms with E-state index >= 15 is 0 Å². The minimum absolute atomic E-state index is 0.0117. The summed E-state index contributed by atoms with van der Waals surface area (Å²) in [4.78, 5) is 34.3. The molecule has 0 spiro atoms. The van der Waals surface area contributed by atoms with Crippen molar-refractivity contribution in [1.82, 2.24) is 24.8 Å². The summed E-state index contributed by atoms with van der Waals surface area (Å²) in [5.74, 6) is 0.178. The summed E-state index contributed by atoms with van der Waals surface area (Å²) in [7, 11) is -1.90. The van der Waals surface area contributed by atoms with Crippen molar-refractivity contribution in [2.24, 2.45) is 0 Å². The van der Waals surface area contributed by atoms with Crippen molar-refractivity contribution < 1.29 is 23.1 Å². The van der Waals surface area contributed by atoms with Gasteiger partial charge in [0.05, 0.1) is 14.8 Å². The van der Waals surface area contributed by atoms with E-state index in [2.05, 4.69) is 27.3 Å². The van der Waals surface area contributed by atoms with Crippen LogP contribution in [0, 0.1) is 0 Å². The number of sulfonamides is 1. The molecule has 254 valence electrons. The first-order valence-electron chi connectivity index (χ1n) is 16.2. The number of aromatic nitrogens is 1. The molecule has 1 saturated carbocycles. The van der Waals surface area contributed by atoms with Gasteiger partial charge in [0.15, 0.2) is 0 Å². The Morgan fingerprint density at radius 3 is 2.43 bits per heavy atom. The Morgan fingerprint density at radius 2 is 1.79 bits per heavy atom. The molecule has 1 unspecified atom stereocenters. The fourth-order valence-corrected chi connectivity index (χ4v) is 9.35. The van der Waals surface area contributed by atoms with Gasteiger partial charge in [-0.15, -0.1) is 11.3 Å². The Hall–Kier alpha value is -3.52. The summed E-state index contributed by atoms with van der Waals surface area (Å²) in [6.07, 6.45) is 6.17. The van der Waals surface area contributed by atoms with Gasteiger partial charge in [-0.1, -0.05) is 36.4 Å². The van der Waals surface area contributed by atoms with Crippen LogP contribution in [0.15, 0.2) is 59.6 Å². The van der Waals surface area contributed by atoms with E-state index < -0.39 is 27.7 Å². The first kappa shape index (κ1) is 34.8. The molecule has 13 heteroatoms. The number of nitrogens with one attached hydrogen (secondary N) is 3. The van der Waals surface area contributed by atoms with E-state index in [9.17, 15) is 23.1 Å². The smallest absolute Gasteiger partial charge is 0.407 e. The highest BCUT2D eigenvalue weighted by atomic mass is 32.2. The second-order valence-corrected chi connectivity index (χ2v) is 16.4. The third kappa shape index (κ3) is 9.10. The van der Waals surface area contributed by atoms with Gasteiger partial charge < -0.3 is 25.5 Å². The summed E-state index contributed by atoms with van der Waals surface area (Å²) in [5.41, 5.74) is 1.08. The number of thiazole rings is 1. The number of hydrogen-bond donors (Lipinski definition) is 4. The molecule has 3 aromatic rings. The largest absolute Gasteiger partial charge is 0.465 e. The topological polar surface area (TPSA) is 144 Å². The molecule has 11 nitrogen and oxygen atoms in total. The molecule has 1 aliphatic heterocycles. The zero-order chi connectivity index (χ0) is 33.8. The van der Waals surface area contributed by atoms with Crippen LogP contribution in [0.25, 0.3) is 10.4 Å². The van der Waals surface area contributed by atoms with E-state index in [4.69, 9.17) is 4.98 Å². The number of rotatable bonds is 10. The van der Waals surface area contributed by atoms with Crippen LogP contribution < -0.4 is 15.4 Å². The van der Waals surface area contributed by atoms with Gasteiger partial charge in [0.2, 0.25) is 10.0 Å². The summed E-state index contributed by atoms with van der Waals surface area (Å²) in [5, 5.41) is 16.5. The Labute approximate surface area is 281 Å². The number of carbonyl (C=O) groups excluding carboxylic acids is 1. The second-order valence-electron chi connectivity index (χ2n) is 13.6. The van der Waals surface area contributed by atoms with E-state index in [1.807, 2.05) is 30.3 Å². The summed E-state index contributed by atoms with van der Waals surface area (Å²) < 4.78 is 30.1. The molecule has 1 aliphatic carbocycles. The van der Waals surface area contributed by atoms with Crippen molar-refractivity contribution in [2.45, 2.75) is 94.3 Å². The average Bonchev–Trinajstić information content (AvgIpc) is 3.67. The molecule has 1 aromatic heterocycles. The molecule has 3 amide bonds. The molecule has 0 bridgehead atoms. The lowest BCUT2D eigenvalue weighted by molar-refractivity contribution is 0.0924. The molecule has 2 fully saturated rings. The highest BCUT2D eigenvalue weighted by Gasteiger charge is 2.34. The Bertz CT molecular complexity index is 1650. The summed E-state index contributed by atoms with van der Waals surface area (Å²) in [6.45, 7) is 7.23. The number of urea groups is 1. The van der Waals surface area contributed by atoms with Crippen LogP contribution in [0.2, 0.25) is 0 Å². The fraction of sp³-hybridized carbons (Fsp3) is 0.500. The predicted molar refractivity (Wildman–Crippen MR) is 185 cm³/mol. The second kappa shape index (κ2) is 14.7. The lowest BCUT2D eigenvalue weighted by Crippen LogP contribution is -2.47. The van der Waals surface area contributed by atoms with Gasteiger partial charge in [0.25, 0.3) is 0 Å². The number of anilines is 1. The fourth-order valence-electron chi connectivity index (χ4n) is 6.49. The third-order valence-corrected chi connectivity index (χ3v) is 11.9. The molecular weight excluding hydrogens is 637 g/mol. The van der Waals surface area contributed by atoms with Crippen LogP contribution in [-0.2, 0) is 16.6 Å². The van der Waals surface area contributed by atoms with E-state index in [0.717, 1.165) is 55.6 Å². The maximum absolute atomic E-state index is 13.7. The minimum Gasteiger partial charge on any atom is -0.465 e. The van der Waals surface area contributed by atoms with Crippen LogP contribution in [0.4, 0.5) is 15.3 Å². The lowest BCUT2D eigenvalue weighted by Gasteiger charge is -2.37. The lowest BCUT2D eigenvalue weighted by atomic mass is 9.85. The minimum atomic E-state index is -3.97. The molecule has 2 aromatic carbocycles. The Morgan fingerprint density at radius 1 is 1.06 bits per heavy atom. The van der Waals surface area contributed by atoms with Gasteiger partial charge in [0.1, 0.15) is 0 Å². The van der Waals surface area contributed by atoms with Gasteiger partial charge in [-0.3, -0.25) is 0 Å². The molecule has 4 N–H and O–H groups in total. The van der Waals surface area contributed by atoms with Crippen molar-refractivity contribution in [3.63, 3.8) is 0 Å². The number of likely N-dealkylation sites (N-methyl/N-ethyl adjacent to an activating group) is 1. The molecule has 47 heavy (non-hydrogen) atoms. The Kier molecular flexibility index (Phi) is 10.9. The molecular formula is C34H46N6O5S2. The van der Waals surface area contributed by atoms with Gasteiger partial charge in [-0.2, -0.15) is 0 Å². The maximum atomic E-state index is 13.7. The molecule has 2 heterocycles. The molecule has 0 radical (unpaired) electrons. The van der Waals surface area contributed by atoms with Crippen molar-refractivity contribution in [1.29, 1.82) is 0 Å². The standard InChI is InChI=1S/C34H46N6O5S2/c1-34(2,3)38-47(44,45)30-19-25(37-32(41)36-20-23-9-6-5-7-10-23)14-17-28(30)29-21-35-31(46-29)24-12-15-26(16-13-24)40(33(42)43)22-27-11-8-18-39(27)4/h5-7,9-10,14,17,19,21,24,26-27,38H,8,11-13,15-16,18,20,22H2,1-4H3,(H,42,43)(H2,36,37,41). The number of amides is 3. The highest BCUT2D eigenvalue weighted by molar-refractivity contribution is 7.89. The first-order chi connectivity index (χ1) is 22.3. The number of carbonyl (C=O) groups is 2.